The van der Waals surface area contributed by atoms with E-state index in [0.717, 1.165) is 22.9 Å². The second kappa shape index (κ2) is 11.9. The first-order valence-corrected chi connectivity index (χ1v) is 14.1. The number of methoxy groups -OCH3 is 1. The summed E-state index contributed by atoms with van der Waals surface area (Å²) in [6.45, 7) is 5.92. The van der Waals surface area contributed by atoms with Crippen LogP contribution in [-0.2, 0) is 21.4 Å². The molecule has 1 fully saturated rings. The SMILES string of the molecule is C=CCN1C(=O)/C(=C/c2ccc(OCc3ccccc3Cl)c(OC)c2)S/C1=N/S(=O)(=O)c1ccc(C)cc1. The molecule has 0 aliphatic carbocycles. The molecule has 0 spiro atoms. The van der Waals surface area contributed by atoms with Crippen LogP contribution in [0.1, 0.15) is 16.7 Å². The van der Waals surface area contributed by atoms with Gasteiger partial charge in [0.05, 0.1) is 16.9 Å². The highest BCUT2D eigenvalue weighted by Gasteiger charge is 2.34. The van der Waals surface area contributed by atoms with Crippen molar-refractivity contribution in [3.05, 3.63) is 106 Å². The molecule has 38 heavy (non-hydrogen) atoms. The average molecular weight is 569 g/mol. The van der Waals surface area contributed by atoms with Crippen molar-refractivity contribution < 1.29 is 22.7 Å². The molecule has 0 bridgehead atoms. The number of carbonyl (C=O) groups excluding carboxylic acids is 1. The van der Waals surface area contributed by atoms with E-state index in [9.17, 15) is 13.2 Å². The normalized spacial score (nSPS) is 15.8. The predicted octanol–water partition coefficient (Wildman–Crippen LogP) is 6.08. The number of hydrogen-bond donors (Lipinski definition) is 0. The molecule has 4 rings (SSSR count). The van der Waals surface area contributed by atoms with Crippen molar-refractivity contribution >= 4 is 50.5 Å². The van der Waals surface area contributed by atoms with Crippen molar-refractivity contribution in [1.82, 2.24) is 4.90 Å². The lowest BCUT2D eigenvalue weighted by Gasteiger charge is -2.13. The molecule has 0 aromatic heterocycles. The molecular weight excluding hydrogens is 544 g/mol. The van der Waals surface area contributed by atoms with E-state index in [1.165, 1.54) is 30.2 Å². The van der Waals surface area contributed by atoms with Gasteiger partial charge >= 0.3 is 0 Å². The molecule has 3 aromatic carbocycles. The fraction of sp³-hybridized carbons (Fsp3) is 0.143. The number of halogens is 1. The first-order chi connectivity index (χ1) is 18.2. The maximum Gasteiger partial charge on any atom is 0.284 e. The van der Waals surface area contributed by atoms with Crippen molar-refractivity contribution in [2.75, 3.05) is 13.7 Å². The summed E-state index contributed by atoms with van der Waals surface area (Å²) in [6.07, 6.45) is 3.17. The van der Waals surface area contributed by atoms with Gasteiger partial charge in [-0.3, -0.25) is 9.69 Å². The number of aryl methyl sites for hydroxylation is 1. The number of carbonyl (C=O) groups is 1. The van der Waals surface area contributed by atoms with Gasteiger partial charge in [0.25, 0.3) is 15.9 Å². The number of hydrogen-bond acceptors (Lipinski definition) is 6. The summed E-state index contributed by atoms with van der Waals surface area (Å²) in [4.78, 5) is 14.8. The molecule has 10 heteroatoms. The third kappa shape index (κ3) is 6.30. The van der Waals surface area contributed by atoms with Crippen LogP contribution in [0.2, 0.25) is 5.02 Å². The number of ether oxygens (including phenoxy) is 2. The Morgan fingerprint density at radius 1 is 1.08 bits per heavy atom. The van der Waals surface area contributed by atoms with E-state index in [2.05, 4.69) is 11.0 Å². The Hall–Kier alpha value is -3.53. The second-order valence-electron chi connectivity index (χ2n) is 8.27. The van der Waals surface area contributed by atoms with Gasteiger partial charge < -0.3 is 9.47 Å². The fourth-order valence-electron chi connectivity index (χ4n) is 3.55. The lowest BCUT2D eigenvalue weighted by molar-refractivity contribution is -0.121. The fourth-order valence-corrected chi connectivity index (χ4v) is 5.93. The zero-order valence-electron chi connectivity index (χ0n) is 20.8. The minimum atomic E-state index is -4.01. The summed E-state index contributed by atoms with van der Waals surface area (Å²) in [7, 11) is -2.49. The summed E-state index contributed by atoms with van der Waals surface area (Å²) in [5, 5.41) is 0.670. The molecule has 1 amide bonds. The van der Waals surface area contributed by atoms with Crippen LogP contribution < -0.4 is 9.47 Å². The molecule has 0 N–H and O–H groups in total. The highest BCUT2D eigenvalue weighted by molar-refractivity contribution is 8.19. The summed E-state index contributed by atoms with van der Waals surface area (Å²) >= 11 is 7.20. The summed E-state index contributed by atoms with van der Waals surface area (Å²) < 4.78 is 41.2. The Labute approximate surface area is 231 Å². The van der Waals surface area contributed by atoms with Crippen LogP contribution in [0.5, 0.6) is 11.5 Å². The van der Waals surface area contributed by atoms with Crippen molar-refractivity contribution in [2.45, 2.75) is 18.4 Å². The van der Waals surface area contributed by atoms with E-state index in [-0.39, 0.29) is 29.1 Å². The highest BCUT2D eigenvalue weighted by Crippen LogP contribution is 2.36. The topological polar surface area (TPSA) is 85.3 Å². The van der Waals surface area contributed by atoms with Crippen molar-refractivity contribution in [1.29, 1.82) is 0 Å². The number of rotatable bonds is 9. The molecule has 7 nitrogen and oxygen atoms in total. The van der Waals surface area contributed by atoms with Gasteiger partial charge in [-0.15, -0.1) is 11.0 Å². The Bertz CT molecular complexity index is 1530. The van der Waals surface area contributed by atoms with E-state index < -0.39 is 10.0 Å². The first-order valence-electron chi connectivity index (χ1n) is 11.5. The number of amides is 1. The maximum absolute atomic E-state index is 13.1. The van der Waals surface area contributed by atoms with Gasteiger partial charge in [0, 0.05) is 17.1 Å². The number of thioether (sulfide) groups is 1. The van der Waals surface area contributed by atoms with E-state index in [1.807, 2.05) is 25.1 Å². The van der Waals surface area contributed by atoms with Crippen LogP contribution in [-0.4, -0.2) is 38.0 Å². The van der Waals surface area contributed by atoms with Gasteiger partial charge in [-0.2, -0.15) is 8.42 Å². The zero-order valence-corrected chi connectivity index (χ0v) is 23.1. The molecule has 1 aliphatic rings. The minimum Gasteiger partial charge on any atom is -0.493 e. The predicted molar refractivity (Wildman–Crippen MR) is 152 cm³/mol. The molecular formula is C28H25ClN2O5S2. The molecule has 1 saturated heterocycles. The number of nitrogens with zero attached hydrogens (tertiary/aromatic N) is 2. The molecule has 1 heterocycles. The van der Waals surface area contributed by atoms with E-state index in [4.69, 9.17) is 21.1 Å². The van der Waals surface area contributed by atoms with Crippen LogP contribution in [0.25, 0.3) is 6.08 Å². The number of benzene rings is 3. The lowest BCUT2D eigenvalue weighted by Crippen LogP contribution is -2.29. The minimum absolute atomic E-state index is 0.0525. The average Bonchev–Trinajstić information content (AvgIpc) is 3.17. The van der Waals surface area contributed by atoms with E-state index in [1.54, 1.807) is 42.5 Å². The van der Waals surface area contributed by atoms with Crippen LogP contribution in [0.3, 0.4) is 0 Å². The van der Waals surface area contributed by atoms with Crippen LogP contribution in [0.15, 0.2) is 93.6 Å². The Kier molecular flexibility index (Phi) is 8.61. The summed E-state index contributed by atoms with van der Waals surface area (Å²) in [6, 6.07) is 19.0. The third-order valence-corrected chi connectivity index (χ3v) is 8.32. The van der Waals surface area contributed by atoms with Gasteiger partial charge in [0.2, 0.25) is 0 Å². The molecule has 0 atom stereocenters. The number of amidine groups is 1. The van der Waals surface area contributed by atoms with Gasteiger partial charge in [-0.05, 0) is 60.7 Å². The first kappa shape index (κ1) is 27.5. The van der Waals surface area contributed by atoms with Crippen molar-refractivity contribution in [3.63, 3.8) is 0 Å². The molecule has 196 valence electrons. The summed E-state index contributed by atoms with van der Waals surface area (Å²) in [5.41, 5.74) is 2.44. The lowest BCUT2D eigenvalue weighted by atomic mass is 10.1. The third-order valence-electron chi connectivity index (χ3n) is 5.54. The molecule has 0 radical (unpaired) electrons. The standard InChI is InChI=1S/C28H25ClN2O5S2/c1-4-15-31-27(32)26(37-28(31)30-38(33,34)22-12-9-19(2)10-13-22)17-20-11-14-24(25(16-20)35-3)36-18-21-7-5-6-8-23(21)29/h4-14,16-17H,1,15,18H2,2-3H3/b26-17-,30-28+. The van der Waals surface area contributed by atoms with Crippen LogP contribution in [0, 0.1) is 6.92 Å². The molecule has 1 aliphatic heterocycles. The van der Waals surface area contributed by atoms with Gasteiger partial charge in [-0.25, -0.2) is 0 Å². The molecule has 3 aromatic rings. The number of sulfonamides is 1. The second-order valence-corrected chi connectivity index (χ2v) is 11.3. The van der Waals surface area contributed by atoms with Gasteiger partial charge in [0.15, 0.2) is 16.7 Å². The maximum atomic E-state index is 13.1. The Morgan fingerprint density at radius 3 is 2.50 bits per heavy atom. The Balaban J connectivity index is 1.59. The van der Waals surface area contributed by atoms with Crippen molar-refractivity contribution in [3.8, 4) is 11.5 Å². The van der Waals surface area contributed by atoms with E-state index in [0.29, 0.717) is 27.0 Å². The van der Waals surface area contributed by atoms with Crippen LogP contribution in [0.4, 0.5) is 0 Å². The largest absolute Gasteiger partial charge is 0.493 e. The molecule has 0 unspecified atom stereocenters. The smallest absolute Gasteiger partial charge is 0.284 e. The quantitative estimate of drug-likeness (QED) is 0.230. The van der Waals surface area contributed by atoms with Crippen LogP contribution >= 0.6 is 23.4 Å². The molecule has 0 saturated carbocycles. The van der Waals surface area contributed by atoms with E-state index >= 15 is 0 Å². The Morgan fingerprint density at radius 2 is 1.82 bits per heavy atom. The zero-order chi connectivity index (χ0) is 27.3. The van der Waals surface area contributed by atoms with Crippen molar-refractivity contribution in [2.24, 2.45) is 4.40 Å². The summed E-state index contributed by atoms with van der Waals surface area (Å²) in [5.74, 6) is 0.617. The monoisotopic (exact) mass is 568 g/mol. The highest BCUT2D eigenvalue weighted by atomic mass is 35.5. The van der Waals surface area contributed by atoms with Gasteiger partial charge in [-0.1, -0.05) is 59.6 Å². The van der Waals surface area contributed by atoms with Gasteiger partial charge in [0.1, 0.15) is 6.61 Å².